The number of pyridine rings is 1. The summed E-state index contributed by atoms with van der Waals surface area (Å²) in [5, 5.41) is 9.46. The van der Waals surface area contributed by atoms with E-state index >= 15 is 0 Å². The van der Waals surface area contributed by atoms with E-state index in [9.17, 15) is 9.90 Å². The highest BCUT2D eigenvalue weighted by Crippen LogP contribution is 2.31. The number of hydrogen-bond acceptors (Lipinski definition) is 4. The molecule has 0 radical (unpaired) electrons. The van der Waals surface area contributed by atoms with Gasteiger partial charge in [0.15, 0.2) is 5.78 Å². The molecule has 1 atom stereocenters. The molecule has 0 saturated carbocycles. The van der Waals surface area contributed by atoms with Crippen molar-refractivity contribution in [3.05, 3.63) is 53.9 Å². The number of fused-ring (bicyclic) bond motifs is 1. The molecule has 1 aliphatic heterocycles. The molecule has 0 spiro atoms. The van der Waals surface area contributed by atoms with Gasteiger partial charge in [0.05, 0.1) is 18.1 Å². The monoisotopic (exact) mass is 255 g/mol. The van der Waals surface area contributed by atoms with Crippen molar-refractivity contribution in [1.29, 1.82) is 0 Å². The van der Waals surface area contributed by atoms with Crippen LogP contribution in [0.1, 0.15) is 16.1 Å². The summed E-state index contributed by atoms with van der Waals surface area (Å²) < 4.78 is 5.57. The summed E-state index contributed by atoms with van der Waals surface area (Å²) in [5.41, 5.74) is 1.32. The summed E-state index contributed by atoms with van der Waals surface area (Å²) in [5.74, 6) is 0.376. The number of ketones is 1. The van der Waals surface area contributed by atoms with E-state index in [-0.39, 0.29) is 17.5 Å². The number of aromatic hydroxyl groups is 1. The lowest BCUT2D eigenvalue weighted by Gasteiger charge is -2.23. The Bertz CT molecular complexity index is 610. The quantitative estimate of drug-likeness (QED) is 0.893. The van der Waals surface area contributed by atoms with Crippen LogP contribution in [0.15, 0.2) is 42.6 Å². The predicted octanol–water partition coefficient (Wildman–Crippen LogP) is 2.22. The molecule has 3 rings (SSSR count). The Morgan fingerprint density at radius 2 is 2.21 bits per heavy atom. The van der Waals surface area contributed by atoms with Gasteiger partial charge >= 0.3 is 0 Å². The maximum atomic E-state index is 12.4. The summed E-state index contributed by atoms with van der Waals surface area (Å²) in [4.78, 5) is 16.6. The number of hydrogen-bond donors (Lipinski definition) is 1. The van der Waals surface area contributed by atoms with Crippen molar-refractivity contribution in [3.8, 4) is 11.5 Å². The Hall–Kier alpha value is -2.36. The number of aromatic nitrogens is 1. The molecule has 0 bridgehead atoms. The molecule has 1 unspecified atom stereocenters. The Kier molecular flexibility index (Phi) is 2.91. The fourth-order valence-electron chi connectivity index (χ4n) is 2.25. The molecule has 1 aliphatic rings. The van der Waals surface area contributed by atoms with Gasteiger partial charge in [-0.05, 0) is 30.3 Å². The van der Waals surface area contributed by atoms with E-state index in [1.54, 1.807) is 12.3 Å². The van der Waals surface area contributed by atoms with E-state index in [1.807, 2.05) is 18.2 Å². The molecule has 0 fully saturated rings. The van der Waals surface area contributed by atoms with Crippen LogP contribution in [0.25, 0.3) is 0 Å². The van der Waals surface area contributed by atoms with Gasteiger partial charge in [-0.15, -0.1) is 0 Å². The van der Waals surface area contributed by atoms with Crippen molar-refractivity contribution < 1.29 is 14.6 Å². The normalized spacial score (nSPS) is 17.7. The highest BCUT2D eigenvalue weighted by molar-refractivity contribution is 6.01. The van der Waals surface area contributed by atoms with Gasteiger partial charge in [0.25, 0.3) is 0 Å². The summed E-state index contributed by atoms with van der Waals surface area (Å²) in [6.45, 7) is 0.354. The minimum absolute atomic E-state index is 0.00260. The zero-order chi connectivity index (χ0) is 13.2. The van der Waals surface area contributed by atoms with Crippen LogP contribution in [-0.4, -0.2) is 22.5 Å². The largest absolute Gasteiger partial charge is 0.508 e. The molecule has 1 aromatic heterocycles. The first kappa shape index (κ1) is 11.7. The van der Waals surface area contributed by atoms with E-state index in [1.165, 1.54) is 12.1 Å². The highest BCUT2D eigenvalue weighted by Gasteiger charge is 2.29. The van der Waals surface area contributed by atoms with Crippen molar-refractivity contribution in [2.45, 2.75) is 6.42 Å². The van der Waals surface area contributed by atoms with Crippen molar-refractivity contribution in [3.63, 3.8) is 0 Å². The van der Waals surface area contributed by atoms with Gasteiger partial charge in [0.2, 0.25) is 0 Å². The SMILES string of the molecule is O=C1c2cc(O)ccc2OCC1Cc1ccccn1. The molecule has 96 valence electrons. The summed E-state index contributed by atoms with van der Waals surface area (Å²) >= 11 is 0. The number of ether oxygens (including phenoxy) is 1. The smallest absolute Gasteiger partial charge is 0.173 e. The molecule has 19 heavy (non-hydrogen) atoms. The van der Waals surface area contributed by atoms with Crippen molar-refractivity contribution in [2.24, 2.45) is 5.92 Å². The Morgan fingerprint density at radius 3 is 3.00 bits per heavy atom. The number of carbonyl (C=O) groups is 1. The van der Waals surface area contributed by atoms with Crippen molar-refractivity contribution in [2.75, 3.05) is 6.61 Å². The van der Waals surface area contributed by atoms with Crippen molar-refractivity contribution >= 4 is 5.78 Å². The minimum Gasteiger partial charge on any atom is -0.508 e. The lowest BCUT2D eigenvalue weighted by molar-refractivity contribution is 0.0829. The number of phenols is 1. The van der Waals surface area contributed by atoms with Crippen LogP contribution in [0.5, 0.6) is 11.5 Å². The van der Waals surface area contributed by atoms with E-state index in [0.29, 0.717) is 24.3 Å². The second-order valence-electron chi connectivity index (χ2n) is 4.58. The molecule has 0 amide bonds. The van der Waals surface area contributed by atoms with E-state index in [0.717, 1.165) is 5.69 Å². The standard InChI is InChI=1S/C15H13NO3/c17-12-4-5-14-13(8-12)15(18)10(9-19-14)7-11-3-1-2-6-16-11/h1-6,8,10,17H,7,9H2. The van der Waals surface area contributed by atoms with Gasteiger partial charge in [-0.3, -0.25) is 9.78 Å². The van der Waals surface area contributed by atoms with Crippen LogP contribution in [-0.2, 0) is 6.42 Å². The molecule has 1 aromatic carbocycles. The number of benzene rings is 1. The van der Waals surface area contributed by atoms with Gasteiger partial charge in [0.1, 0.15) is 11.5 Å². The van der Waals surface area contributed by atoms with E-state index < -0.39 is 0 Å². The first-order valence-corrected chi connectivity index (χ1v) is 6.14. The van der Waals surface area contributed by atoms with Crippen LogP contribution in [0.3, 0.4) is 0 Å². The van der Waals surface area contributed by atoms with Gasteiger partial charge in [-0.1, -0.05) is 6.07 Å². The Morgan fingerprint density at radius 1 is 1.32 bits per heavy atom. The molecular formula is C15H13NO3. The van der Waals surface area contributed by atoms with Gasteiger partial charge in [0, 0.05) is 18.3 Å². The van der Waals surface area contributed by atoms with Crippen LogP contribution >= 0.6 is 0 Å². The summed E-state index contributed by atoms with van der Waals surface area (Å²) in [6.07, 6.45) is 2.26. The summed E-state index contributed by atoms with van der Waals surface area (Å²) in [6, 6.07) is 10.2. The molecular weight excluding hydrogens is 242 g/mol. The Balaban J connectivity index is 1.85. The van der Waals surface area contributed by atoms with Crippen LogP contribution in [0.4, 0.5) is 0 Å². The van der Waals surface area contributed by atoms with Gasteiger partial charge in [-0.25, -0.2) is 0 Å². The number of nitrogens with zero attached hydrogens (tertiary/aromatic N) is 1. The minimum atomic E-state index is -0.246. The second kappa shape index (κ2) is 4.72. The molecule has 2 aromatic rings. The number of carbonyl (C=O) groups excluding carboxylic acids is 1. The molecule has 4 nitrogen and oxygen atoms in total. The van der Waals surface area contributed by atoms with Crippen LogP contribution < -0.4 is 4.74 Å². The maximum Gasteiger partial charge on any atom is 0.173 e. The number of phenolic OH excluding ortho intramolecular Hbond substituents is 1. The zero-order valence-electron chi connectivity index (χ0n) is 10.2. The highest BCUT2D eigenvalue weighted by atomic mass is 16.5. The second-order valence-corrected chi connectivity index (χ2v) is 4.58. The molecule has 2 heterocycles. The average Bonchev–Trinajstić information content (AvgIpc) is 2.44. The predicted molar refractivity (Wildman–Crippen MR) is 69.4 cm³/mol. The average molecular weight is 255 g/mol. The van der Waals surface area contributed by atoms with Crippen LogP contribution in [0.2, 0.25) is 0 Å². The number of rotatable bonds is 2. The fourth-order valence-corrected chi connectivity index (χ4v) is 2.25. The van der Waals surface area contributed by atoms with E-state index in [2.05, 4.69) is 4.98 Å². The molecule has 4 heteroatoms. The molecule has 1 N–H and O–H groups in total. The fraction of sp³-hybridized carbons (Fsp3) is 0.200. The Labute approximate surface area is 110 Å². The van der Waals surface area contributed by atoms with Gasteiger partial charge < -0.3 is 9.84 Å². The summed E-state index contributed by atoms with van der Waals surface area (Å²) in [7, 11) is 0. The topological polar surface area (TPSA) is 59.4 Å². The zero-order valence-corrected chi connectivity index (χ0v) is 10.2. The third-order valence-corrected chi connectivity index (χ3v) is 3.22. The number of Topliss-reactive ketones (excluding diaryl/α,β-unsaturated/α-hetero) is 1. The first-order valence-electron chi connectivity index (χ1n) is 6.14. The van der Waals surface area contributed by atoms with Crippen molar-refractivity contribution in [1.82, 2.24) is 4.98 Å². The first-order chi connectivity index (χ1) is 9.24. The maximum absolute atomic E-state index is 12.4. The molecule has 0 aliphatic carbocycles. The lowest BCUT2D eigenvalue weighted by Crippen LogP contribution is -2.29. The third-order valence-electron chi connectivity index (χ3n) is 3.22. The van der Waals surface area contributed by atoms with Crippen LogP contribution in [0, 0.1) is 5.92 Å². The van der Waals surface area contributed by atoms with Gasteiger partial charge in [-0.2, -0.15) is 0 Å². The third kappa shape index (κ3) is 2.29. The molecule has 0 saturated heterocycles. The lowest BCUT2D eigenvalue weighted by atomic mass is 9.91. The van der Waals surface area contributed by atoms with E-state index in [4.69, 9.17) is 4.74 Å².